The van der Waals surface area contributed by atoms with E-state index in [0.29, 0.717) is 16.3 Å². The van der Waals surface area contributed by atoms with Gasteiger partial charge in [0.15, 0.2) is 5.78 Å². The number of hydrogen-bond acceptors (Lipinski definition) is 2. The molecular formula is C17H15ClO2. The summed E-state index contributed by atoms with van der Waals surface area (Å²) in [5, 5.41) is 0.457. The van der Waals surface area contributed by atoms with Crippen molar-refractivity contribution in [3.05, 3.63) is 58.1 Å². The maximum absolute atomic E-state index is 11.3. The van der Waals surface area contributed by atoms with Gasteiger partial charge in [0.2, 0.25) is 0 Å². The van der Waals surface area contributed by atoms with Crippen molar-refractivity contribution in [1.29, 1.82) is 0 Å². The number of Topliss-reactive ketones (excluding diaryl/α,β-unsaturated/α-hetero) is 1. The molecule has 0 aromatic heterocycles. The number of carbonyl (C=O) groups excluding carboxylic acids is 1. The highest BCUT2D eigenvalue weighted by Crippen LogP contribution is 2.33. The highest BCUT2D eigenvalue weighted by atomic mass is 35.5. The van der Waals surface area contributed by atoms with Crippen LogP contribution in [0.4, 0.5) is 0 Å². The lowest BCUT2D eigenvalue weighted by Gasteiger charge is -2.10. The van der Waals surface area contributed by atoms with Gasteiger partial charge in [-0.25, -0.2) is 0 Å². The first-order valence-corrected chi connectivity index (χ1v) is 7.11. The predicted molar refractivity (Wildman–Crippen MR) is 80.0 cm³/mol. The van der Waals surface area contributed by atoms with Gasteiger partial charge in [0.25, 0.3) is 0 Å². The van der Waals surface area contributed by atoms with E-state index in [4.69, 9.17) is 16.3 Å². The Morgan fingerprint density at radius 1 is 1.10 bits per heavy atom. The molecule has 0 N–H and O–H groups in total. The molecule has 0 fully saturated rings. The quantitative estimate of drug-likeness (QED) is 0.756. The van der Waals surface area contributed by atoms with Crippen molar-refractivity contribution in [3.8, 4) is 11.5 Å². The molecule has 0 radical (unpaired) electrons. The van der Waals surface area contributed by atoms with Crippen molar-refractivity contribution in [3.63, 3.8) is 0 Å². The molecule has 20 heavy (non-hydrogen) atoms. The third-order valence-electron chi connectivity index (χ3n) is 3.64. The molecule has 1 aliphatic carbocycles. The monoisotopic (exact) mass is 286 g/mol. The Bertz CT molecular complexity index is 677. The van der Waals surface area contributed by atoms with E-state index in [1.807, 2.05) is 6.07 Å². The zero-order chi connectivity index (χ0) is 14.1. The van der Waals surface area contributed by atoms with Gasteiger partial charge in [0.05, 0.1) is 5.02 Å². The lowest BCUT2D eigenvalue weighted by molar-refractivity contribution is 0.101. The molecule has 0 saturated heterocycles. The normalized spacial score (nSPS) is 13.1. The first kappa shape index (κ1) is 13.2. The highest BCUT2D eigenvalue weighted by Gasteiger charge is 2.12. The molecule has 0 bridgehead atoms. The minimum absolute atomic E-state index is 0.00372. The summed E-state index contributed by atoms with van der Waals surface area (Å²) in [4.78, 5) is 11.3. The first-order valence-electron chi connectivity index (χ1n) is 6.73. The van der Waals surface area contributed by atoms with Gasteiger partial charge in [-0.3, -0.25) is 4.79 Å². The van der Waals surface area contributed by atoms with Gasteiger partial charge >= 0.3 is 0 Å². The summed E-state index contributed by atoms with van der Waals surface area (Å²) in [7, 11) is 0. The van der Waals surface area contributed by atoms with Gasteiger partial charge in [-0.15, -0.1) is 0 Å². The summed E-state index contributed by atoms with van der Waals surface area (Å²) in [6, 6.07) is 11.3. The van der Waals surface area contributed by atoms with Crippen LogP contribution >= 0.6 is 11.6 Å². The molecule has 102 valence electrons. The summed E-state index contributed by atoms with van der Waals surface area (Å²) < 4.78 is 5.83. The second kappa shape index (κ2) is 5.29. The Hall–Kier alpha value is -1.80. The van der Waals surface area contributed by atoms with Crippen molar-refractivity contribution in [2.24, 2.45) is 0 Å². The fourth-order valence-electron chi connectivity index (χ4n) is 2.54. The van der Waals surface area contributed by atoms with Crippen molar-refractivity contribution < 1.29 is 9.53 Å². The van der Waals surface area contributed by atoms with Gasteiger partial charge in [-0.2, -0.15) is 0 Å². The number of carbonyl (C=O) groups is 1. The molecular weight excluding hydrogens is 272 g/mol. The van der Waals surface area contributed by atoms with Gasteiger partial charge in [0.1, 0.15) is 11.5 Å². The molecule has 0 spiro atoms. The molecule has 0 amide bonds. The van der Waals surface area contributed by atoms with E-state index in [9.17, 15) is 4.79 Å². The summed E-state index contributed by atoms with van der Waals surface area (Å²) in [5.74, 6) is 1.37. The van der Waals surface area contributed by atoms with Crippen LogP contribution in [-0.4, -0.2) is 5.78 Å². The molecule has 3 heteroatoms. The van der Waals surface area contributed by atoms with Crippen molar-refractivity contribution >= 4 is 17.4 Å². The zero-order valence-electron chi connectivity index (χ0n) is 11.3. The summed E-state index contributed by atoms with van der Waals surface area (Å²) in [6.07, 6.45) is 3.49. The number of ketones is 1. The number of rotatable bonds is 3. The molecule has 1 aliphatic rings. The van der Waals surface area contributed by atoms with Gasteiger partial charge in [0, 0.05) is 5.56 Å². The molecule has 2 aromatic carbocycles. The second-order valence-corrected chi connectivity index (χ2v) is 5.49. The Morgan fingerprint density at radius 2 is 1.90 bits per heavy atom. The number of halogens is 1. The van der Waals surface area contributed by atoms with E-state index in [0.717, 1.165) is 18.6 Å². The smallest absolute Gasteiger partial charge is 0.159 e. The molecule has 2 aromatic rings. The Kier molecular flexibility index (Phi) is 3.49. The third kappa shape index (κ3) is 2.56. The lowest BCUT2D eigenvalue weighted by Crippen LogP contribution is -1.93. The van der Waals surface area contributed by atoms with E-state index in [2.05, 4.69) is 12.1 Å². The molecule has 0 unspecified atom stereocenters. The topological polar surface area (TPSA) is 26.3 Å². The Morgan fingerprint density at radius 3 is 2.65 bits per heavy atom. The lowest BCUT2D eigenvalue weighted by atomic mass is 10.1. The van der Waals surface area contributed by atoms with E-state index in [1.54, 1.807) is 18.2 Å². The van der Waals surface area contributed by atoms with Gasteiger partial charge in [-0.05, 0) is 67.6 Å². The van der Waals surface area contributed by atoms with Crippen LogP contribution in [0, 0.1) is 0 Å². The number of ether oxygens (including phenoxy) is 1. The Labute approximate surface area is 123 Å². The van der Waals surface area contributed by atoms with E-state index in [-0.39, 0.29) is 5.78 Å². The van der Waals surface area contributed by atoms with Crippen LogP contribution in [0.25, 0.3) is 0 Å². The fourth-order valence-corrected chi connectivity index (χ4v) is 2.76. The van der Waals surface area contributed by atoms with Gasteiger partial charge in [-0.1, -0.05) is 17.7 Å². The molecule has 3 rings (SSSR count). The average Bonchev–Trinajstić information content (AvgIpc) is 2.88. The zero-order valence-corrected chi connectivity index (χ0v) is 12.0. The summed E-state index contributed by atoms with van der Waals surface area (Å²) in [6.45, 7) is 1.52. The predicted octanol–water partition coefficient (Wildman–Crippen LogP) is 4.82. The average molecular weight is 287 g/mol. The SMILES string of the molecule is CC(=O)c1ccc(Oc2ccc3c(c2)CCC3)c(Cl)c1. The molecule has 0 aliphatic heterocycles. The maximum Gasteiger partial charge on any atom is 0.159 e. The number of aryl methyl sites for hydroxylation is 2. The van der Waals surface area contributed by atoms with Crippen LogP contribution in [0.1, 0.15) is 34.8 Å². The molecule has 0 heterocycles. The minimum atomic E-state index is -0.00372. The summed E-state index contributed by atoms with van der Waals surface area (Å²) in [5.41, 5.74) is 3.37. The van der Waals surface area contributed by atoms with Gasteiger partial charge < -0.3 is 4.74 Å². The van der Waals surface area contributed by atoms with E-state index >= 15 is 0 Å². The first-order chi connectivity index (χ1) is 9.63. The van der Waals surface area contributed by atoms with Crippen molar-refractivity contribution in [2.75, 3.05) is 0 Å². The molecule has 0 saturated carbocycles. The standard InChI is InChI=1S/C17H15ClO2/c1-11(19)13-6-8-17(16(18)10-13)20-15-7-5-12-3-2-4-14(12)9-15/h5-10H,2-4H2,1H3. The number of fused-ring (bicyclic) bond motifs is 1. The van der Waals surface area contributed by atoms with E-state index < -0.39 is 0 Å². The number of benzene rings is 2. The van der Waals surface area contributed by atoms with Crippen LogP contribution in [-0.2, 0) is 12.8 Å². The Balaban J connectivity index is 1.86. The van der Waals surface area contributed by atoms with Crippen molar-refractivity contribution in [1.82, 2.24) is 0 Å². The van der Waals surface area contributed by atoms with Crippen molar-refractivity contribution in [2.45, 2.75) is 26.2 Å². The van der Waals surface area contributed by atoms with Crippen LogP contribution in [0.15, 0.2) is 36.4 Å². The molecule has 0 atom stereocenters. The minimum Gasteiger partial charge on any atom is -0.456 e. The van der Waals surface area contributed by atoms with Crippen LogP contribution in [0.2, 0.25) is 5.02 Å². The largest absolute Gasteiger partial charge is 0.456 e. The second-order valence-electron chi connectivity index (χ2n) is 5.09. The number of hydrogen-bond donors (Lipinski definition) is 0. The highest BCUT2D eigenvalue weighted by molar-refractivity contribution is 6.32. The van der Waals surface area contributed by atoms with Crippen LogP contribution in [0.3, 0.4) is 0 Å². The van der Waals surface area contributed by atoms with Crippen LogP contribution in [0.5, 0.6) is 11.5 Å². The van der Waals surface area contributed by atoms with E-state index in [1.165, 1.54) is 24.5 Å². The fraction of sp³-hybridized carbons (Fsp3) is 0.235. The third-order valence-corrected chi connectivity index (χ3v) is 3.93. The van der Waals surface area contributed by atoms with Crippen LogP contribution < -0.4 is 4.74 Å². The molecule has 2 nitrogen and oxygen atoms in total. The maximum atomic E-state index is 11.3. The summed E-state index contributed by atoms with van der Waals surface area (Å²) >= 11 is 6.16.